The van der Waals surface area contributed by atoms with Crippen molar-refractivity contribution >= 4 is 17.3 Å². The minimum Gasteiger partial charge on any atom is -0.465 e. The fourth-order valence-corrected chi connectivity index (χ4v) is 1.89. The van der Waals surface area contributed by atoms with Crippen LogP contribution in [-0.2, 0) is 11.3 Å². The van der Waals surface area contributed by atoms with E-state index in [-0.39, 0.29) is 0 Å². The Labute approximate surface area is 117 Å². The molecule has 0 saturated heterocycles. The first kappa shape index (κ1) is 13.9. The largest absolute Gasteiger partial charge is 0.465 e. The number of hydrogen-bond acceptors (Lipinski definition) is 5. The molecule has 0 radical (unpaired) electrons. The maximum Gasteiger partial charge on any atom is 0.340 e. The predicted octanol–water partition coefficient (Wildman–Crippen LogP) is 2.37. The van der Waals surface area contributed by atoms with Crippen LogP contribution in [0.2, 0.25) is 0 Å². The van der Waals surface area contributed by atoms with E-state index < -0.39 is 5.97 Å². The van der Waals surface area contributed by atoms with Crippen LogP contribution in [0, 0.1) is 6.92 Å². The summed E-state index contributed by atoms with van der Waals surface area (Å²) in [6.45, 7) is 2.48. The van der Waals surface area contributed by atoms with Crippen LogP contribution < -0.4 is 11.1 Å². The van der Waals surface area contributed by atoms with Crippen molar-refractivity contribution in [1.82, 2.24) is 4.98 Å². The fourth-order valence-electron chi connectivity index (χ4n) is 1.89. The second kappa shape index (κ2) is 6.06. The Morgan fingerprint density at radius 1 is 1.45 bits per heavy atom. The van der Waals surface area contributed by atoms with Crippen LogP contribution in [-0.4, -0.2) is 18.1 Å². The van der Waals surface area contributed by atoms with Gasteiger partial charge in [-0.1, -0.05) is 6.07 Å². The van der Waals surface area contributed by atoms with Gasteiger partial charge in [-0.15, -0.1) is 0 Å². The first-order valence-corrected chi connectivity index (χ1v) is 6.23. The first-order valence-electron chi connectivity index (χ1n) is 6.23. The number of methoxy groups -OCH3 is 1. The Morgan fingerprint density at radius 2 is 2.25 bits per heavy atom. The molecule has 2 aromatic rings. The number of nitrogen functional groups attached to an aromatic ring is 1. The van der Waals surface area contributed by atoms with E-state index in [0.29, 0.717) is 17.8 Å². The summed E-state index contributed by atoms with van der Waals surface area (Å²) in [5, 5.41) is 3.25. The zero-order valence-electron chi connectivity index (χ0n) is 11.5. The molecule has 0 amide bonds. The molecule has 20 heavy (non-hydrogen) atoms. The molecule has 2 rings (SSSR count). The van der Waals surface area contributed by atoms with Crippen molar-refractivity contribution < 1.29 is 9.53 Å². The molecule has 0 atom stereocenters. The topological polar surface area (TPSA) is 77.2 Å². The monoisotopic (exact) mass is 271 g/mol. The molecule has 0 aliphatic heterocycles. The van der Waals surface area contributed by atoms with E-state index >= 15 is 0 Å². The van der Waals surface area contributed by atoms with Crippen LogP contribution in [0.25, 0.3) is 0 Å². The molecule has 1 aromatic heterocycles. The Bertz CT molecular complexity index is 612. The van der Waals surface area contributed by atoms with Gasteiger partial charge < -0.3 is 15.8 Å². The number of pyridine rings is 1. The highest BCUT2D eigenvalue weighted by molar-refractivity contribution is 5.97. The number of esters is 1. The van der Waals surface area contributed by atoms with Gasteiger partial charge in [0.1, 0.15) is 0 Å². The average molecular weight is 271 g/mol. The third kappa shape index (κ3) is 3.06. The molecular formula is C15H17N3O2. The Hall–Kier alpha value is -2.56. The quantitative estimate of drug-likeness (QED) is 0.659. The standard InChI is InChI=1S/C15H17N3O2/c1-10-6-12(7-13(14(10)16)15(19)20-2)18-9-11-4-3-5-17-8-11/h3-8,18H,9,16H2,1-2H3. The second-order valence-corrected chi connectivity index (χ2v) is 4.46. The van der Waals surface area contributed by atoms with Gasteiger partial charge >= 0.3 is 5.97 Å². The molecule has 1 heterocycles. The summed E-state index contributed by atoms with van der Waals surface area (Å²) in [7, 11) is 1.34. The van der Waals surface area contributed by atoms with Crippen molar-refractivity contribution in [2.45, 2.75) is 13.5 Å². The lowest BCUT2D eigenvalue weighted by Gasteiger charge is -2.12. The number of nitrogens with two attached hydrogens (primary N) is 1. The van der Waals surface area contributed by atoms with Crippen LogP contribution in [0.5, 0.6) is 0 Å². The van der Waals surface area contributed by atoms with Gasteiger partial charge in [0.25, 0.3) is 0 Å². The molecule has 5 nitrogen and oxygen atoms in total. The number of rotatable bonds is 4. The molecule has 1 aromatic carbocycles. The number of carbonyl (C=O) groups is 1. The smallest absolute Gasteiger partial charge is 0.340 e. The van der Waals surface area contributed by atoms with Crippen molar-refractivity contribution in [3.63, 3.8) is 0 Å². The maximum atomic E-state index is 11.7. The minimum absolute atomic E-state index is 0.376. The van der Waals surface area contributed by atoms with Crippen molar-refractivity contribution in [2.24, 2.45) is 0 Å². The molecule has 0 saturated carbocycles. The van der Waals surface area contributed by atoms with E-state index in [1.807, 2.05) is 25.1 Å². The van der Waals surface area contributed by atoms with E-state index in [1.165, 1.54) is 7.11 Å². The van der Waals surface area contributed by atoms with Crippen LogP contribution >= 0.6 is 0 Å². The number of benzene rings is 1. The minimum atomic E-state index is -0.435. The van der Waals surface area contributed by atoms with E-state index in [4.69, 9.17) is 10.5 Å². The summed E-state index contributed by atoms with van der Waals surface area (Å²) in [5.41, 5.74) is 9.43. The number of hydrogen-bond donors (Lipinski definition) is 2. The number of aryl methyl sites for hydroxylation is 1. The summed E-state index contributed by atoms with van der Waals surface area (Å²) < 4.78 is 4.73. The second-order valence-electron chi connectivity index (χ2n) is 4.46. The maximum absolute atomic E-state index is 11.7. The molecule has 0 aliphatic rings. The third-order valence-corrected chi connectivity index (χ3v) is 3.01. The highest BCUT2D eigenvalue weighted by Gasteiger charge is 2.13. The number of nitrogens with one attached hydrogen (secondary N) is 1. The highest BCUT2D eigenvalue weighted by atomic mass is 16.5. The summed E-state index contributed by atoms with van der Waals surface area (Å²) in [6, 6.07) is 7.46. The molecule has 5 heteroatoms. The Kier molecular flexibility index (Phi) is 4.20. The van der Waals surface area contributed by atoms with E-state index in [0.717, 1.165) is 16.8 Å². The Morgan fingerprint density at radius 3 is 2.90 bits per heavy atom. The summed E-state index contributed by atoms with van der Waals surface area (Å²) in [6.07, 6.45) is 3.52. The summed E-state index contributed by atoms with van der Waals surface area (Å²) in [4.78, 5) is 15.7. The SMILES string of the molecule is COC(=O)c1cc(NCc2cccnc2)cc(C)c1N. The molecule has 0 unspecified atom stereocenters. The van der Waals surface area contributed by atoms with Gasteiger partial charge in [-0.05, 0) is 36.2 Å². The average Bonchev–Trinajstić information content (AvgIpc) is 2.48. The number of carbonyl (C=O) groups excluding carboxylic acids is 1. The summed E-state index contributed by atoms with van der Waals surface area (Å²) >= 11 is 0. The predicted molar refractivity (Wildman–Crippen MR) is 78.5 cm³/mol. The first-order chi connectivity index (χ1) is 9.61. The van der Waals surface area contributed by atoms with Gasteiger partial charge in [0.05, 0.1) is 12.7 Å². The van der Waals surface area contributed by atoms with Gasteiger partial charge in [-0.3, -0.25) is 4.98 Å². The highest BCUT2D eigenvalue weighted by Crippen LogP contribution is 2.23. The van der Waals surface area contributed by atoms with E-state index in [2.05, 4.69) is 10.3 Å². The van der Waals surface area contributed by atoms with E-state index in [1.54, 1.807) is 18.5 Å². The lowest BCUT2D eigenvalue weighted by Crippen LogP contribution is -2.09. The van der Waals surface area contributed by atoms with Crippen molar-refractivity contribution in [3.05, 3.63) is 53.3 Å². The zero-order valence-corrected chi connectivity index (χ0v) is 11.5. The van der Waals surface area contributed by atoms with Gasteiger partial charge in [-0.25, -0.2) is 4.79 Å². The van der Waals surface area contributed by atoms with Gasteiger partial charge in [-0.2, -0.15) is 0 Å². The number of anilines is 2. The van der Waals surface area contributed by atoms with Gasteiger partial charge in [0.2, 0.25) is 0 Å². The number of nitrogens with zero attached hydrogens (tertiary/aromatic N) is 1. The summed E-state index contributed by atoms with van der Waals surface area (Å²) in [5.74, 6) is -0.435. The molecule has 0 spiro atoms. The van der Waals surface area contributed by atoms with Gasteiger partial charge in [0.15, 0.2) is 0 Å². The molecular weight excluding hydrogens is 254 g/mol. The normalized spacial score (nSPS) is 10.1. The molecule has 0 fully saturated rings. The lowest BCUT2D eigenvalue weighted by molar-refractivity contribution is 0.0602. The van der Waals surface area contributed by atoms with Gasteiger partial charge in [0, 0.05) is 30.3 Å². The van der Waals surface area contributed by atoms with Crippen molar-refractivity contribution in [3.8, 4) is 0 Å². The van der Waals surface area contributed by atoms with E-state index in [9.17, 15) is 4.79 Å². The van der Waals surface area contributed by atoms with Crippen LogP contribution in [0.15, 0.2) is 36.7 Å². The van der Waals surface area contributed by atoms with Crippen LogP contribution in [0.4, 0.5) is 11.4 Å². The molecule has 104 valence electrons. The lowest BCUT2D eigenvalue weighted by atomic mass is 10.1. The molecule has 0 aliphatic carbocycles. The third-order valence-electron chi connectivity index (χ3n) is 3.01. The zero-order chi connectivity index (χ0) is 14.5. The van der Waals surface area contributed by atoms with Crippen molar-refractivity contribution in [1.29, 1.82) is 0 Å². The van der Waals surface area contributed by atoms with Crippen LogP contribution in [0.3, 0.4) is 0 Å². The number of aromatic nitrogens is 1. The number of ether oxygens (including phenoxy) is 1. The fraction of sp³-hybridized carbons (Fsp3) is 0.200. The molecule has 3 N–H and O–H groups in total. The van der Waals surface area contributed by atoms with Crippen molar-refractivity contribution in [2.75, 3.05) is 18.2 Å². The van der Waals surface area contributed by atoms with Crippen LogP contribution in [0.1, 0.15) is 21.5 Å². The Balaban J connectivity index is 2.20. The molecule has 0 bridgehead atoms.